The van der Waals surface area contributed by atoms with Gasteiger partial charge in [0, 0.05) is 5.92 Å². The van der Waals surface area contributed by atoms with Gasteiger partial charge in [-0.3, -0.25) is 0 Å². The molecule has 0 bridgehead atoms. The van der Waals surface area contributed by atoms with Crippen LogP contribution < -0.4 is 0 Å². The summed E-state index contributed by atoms with van der Waals surface area (Å²) in [4.78, 5) is 0. The molecule has 2 nitrogen and oxygen atoms in total. The third kappa shape index (κ3) is 0.867. The quantitative estimate of drug-likeness (QED) is 0.542. The molecule has 0 spiro atoms. The van der Waals surface area contributed by atoms with E-state index in [0.29, 0.717) is 18.6 Å². The second-order valence-corrected chi connectivity index (χ2v) is 3.68. The normalized spacial score (nSPS) is 53.4. The van der Waals surface area contributed by atoms with Crippen molar-refractivity contribution in [1.82, 2.24) is 0 Å². The number of fused-ring (bicyclic) bond motifs is 1. The Kier molecular flexibility index (Phi) is 1.46. The molecule has 1 saturated carbocycles. The van der Waals surface area contributed by atoms with Crippen LogP contribution in [0, 0.1) is 11.8 Å². The number of hydrogen-bond acceptors (Lipinski definition) is 2. The van der Waals surface area contributed by atoms with Crippen LogP contribution in [0.5, 0.6) is 0 Å². The van der Waals surface area contributed by atoms with E-state index in [0.717, 1.165) is 18.8 Å². The van der Waals surface area contributed by atoms with E-state index in [-0.39, 0.29) is 6.10 Å². The fourth-order valence-electron chi connectivity index (χ4n) is 2.23. The lowest BCUT2D eigenvalue weighted by atomic mass is 10.0. The minimum atomic E-state index is -0.171. The zero-order valence-electron chi connectivity index (χ0n) is 6.29. The second kappa shape index (κ2) is 2.21. The molecule has 2 fully saturated rings. The van der Waals surface area contributed by atoms with Crippen molar-refractivity contribution in [2.45, 2.75) is 32.0 Å². The number of aliphatic hydroxyl groups excluding tert-OH is 1. The largest absolute Gasteiger partial charge is 0.390 e. The third-order valence-corrected chi connectivity index (χ3v) is 2.76. The molecular weight excluding hydrogens is 128 g/mol. The Balaban J connectivity index is 2.05. The maximum absolute atomic E-state index is 9.39. The van der Waals surface area contributed by atoms with Crippen molar-refractivity contribution in [1.29, 1.82) is 0 Å². The Morgan fingerprint density at radius 2 is 2.20 bits per heavy atom. The zero-order chi connectivity index (χ0) is 7.14. The van der Waals surface area contributed by atoms with Crippen LogP contribution in [0.25, 0.3) is 0 Å². The first-order valence-corrected chi connectivity index (χ1v) is 4.07. The summed E-state index contributed by atoms with van der Waals surface area (Å²) in [5, 5.41) is 9.39. The maximum Gasteiger partial charge on any atom is 0.0826 e. The number of hydrogen-bond donors (Lipinski definition) is 1. The Bertz CT molecular complexity index is 135. The average Bonchev–Trinajstić information content (AvgIpc) is 2.35. The van der Waals surface area contributed by atoms with E-state index in [1.165, 1.54) is 0 Å². The fourth-order valence-corrected chi connectivity index (χ4v) is 2.23. The van der Waals surface area contributed by atoms with Crippen LogP contribution in [0.1, 0.15) is 19.8 Å². The number of aliphatic hydroxyl groups is 1. The molecule has 0 aromatic carbocycles. The van der Waals surface area contributed by atoms with Gasteiger partial charge in [-0.25, -0.2) is 0 Å². The first-order chi connectivity index (χ1) is 4.77. The maximum atomic E-state index is 9.39. The molecule has 0 amide bonds. The van der Waals surface area contributed by atoms with Gasteiger partial charge in [0.15, 0.2) is 0 Å². The van der Waals surface area contributed by atoms with Gasteiger partial charge >= 0.3 is 0 Å². The lowest BCUT2D eigenvalue weighted by Gasteiger charge is -2.08. The van der Waals surface area contributed by atoms with E-state index in [1.54, 1.807) is 0 Å². The van der Waals surface area contributed by atoms with Crippen LogP contribution in [-0.2, 0) is 4.74 Å². The van der Waals surface area contributed by atoms with E-state index in [2.05, 4.69) is 6.92 Å². The van der Waals surface area contributed by atoms with Gasteiger partial charge in [-0.1, -0.05) is 6.92 Å². The molecule has 1 aliphatic heterocycles. The van der Waals surface area contributed by atoms with Crippen LogP contribution in [0.3, 0.4) is 0 Å². The third-order valence-electron chi connectivity index (χ3n) is 2.76. The van der Waals surface area contributed by atoms with Crippen molar-refractivity contribution in [3.8, 4) is 0 Å². The van der Waals surface area contributed by atoms with E-state index >= 15 is 0 Å². The van der Waals surface area contributed by atoms with Crippen molar-refractivity contribution in [2.24, 2.45) is 11.8 Å². The standard InChI is InChI=1S/C8H14O2/c1-5-2-6-7(9)4-10-8(6)3-5/h5-9H,2-4H2,1H3/t5-,6-,7+,8-/m1/s1. The van der Waals surface area contributed by atoms with Crippen LogP contribution in [-0.4, -0.2) is 23.9 Å². The molecular formula is C8H14O2. The summed E-state index contributed by atoms with van der Waals surface area (Å²) in [5.74, 6) is 1.21. The molecule has 10 heavy (non-hydrogen) atoms. The minimum absolute atomic E-state index is 0.171. The van der Waals surface area contributed by atoms with Gasteiger partial charge in [0.1, 0.15) is 0 Å². The summed E-state index contributed by atoms with van der Waals surface area (Å²) < 4.78 is 5.41. The van der Waals surface area contributed by atoms with Gasteiger partial charge in [-0.05, 0) is 18.8 Å². The van der Waals surface area contributed by atoms with Gasteiger partial charge < -0.3 is 9.84 Å². The highest BCUT2D eigenvalue weighted by Crippen LogP contribution is 2.39. The Hall–Kier alpha value is -0.0800. The molecule has 2 aliphatic rings. The molecule has 2 heteroatoms. The van der Waals surface area contributed by atoms with Crippen LogP contribution >= 0.6 is 0 Å². The predicted molar refractivity (Wildman–Crippen MR) is 37.6 cm³/mol. The molecule has 1 N–H and O–H groups in total. The minimum Gasteiger partial charge on any atom is -0.390 e. The molecule has 0 radical (unpaired) electrons. The highest BCUT2D eigenvalue weighted by atomic mass is 16.5. The van der Waals surface area contributed by atoms with Crippen molar-refractivity contribution in [2.75, 3.05) is 6.61 Å². The van der Waals surface area contributed by atoms with E-state index in [1.807, 2.05) is 0 Å². The molecule has 58 valence electrons. The topological polar surface area (TPSA) is 29.5 Å². The van der Waals surface area contributed by atoms with E-state index in [9.17, 15) is 5.11 Å². The first kappa shape index (κ1) is 6.62. The number of rotatable bonds is 0. The van der Waals surface area contributed by atoms with Crippen LogP contribution in [0.4, 0.5) is 0 Å². The molecule has 4 atom stereocenters. The van der Waals surface area contributed by atoms with Crippen LogP contribution in [0.15, 0.2) is 0 Å². The fraction of sp³-hybridized carbons (Fsp3) is 1.00. The Morgan fingerprint density at radius 3 is 2.90 bits per heavy atom. The van der Waals surface area contributed by atoms with Crippen molar-refractivity contribution in [3.05, 3.63) is 0 Å². The van der Waals surface area contributed by atoms with Crippen molar-refractivity contribution < 1.29 is 9.84 Å². The molecule has 1 aliphatic carbocycles. The van der Waals surface area contributed by atoms with Gasteiger partial charge in [0.05, 0.1) is 18.8 Å². The van der Waals surface area contributed by atoms with Gasteiger partial charge in [-0.2, -0.15) is 0 Å². The lowest BCUT2D eigenvalue weighted by Crippen LogP contribution is -2.18. The molecule has 2 rings (SSSR count). The zero-order valence-corrected chi connectivity index (χ0v) is 6.29. The van der Waals surface area contributed by atoms with Crippen LogP contribution in [0.2, 0.25) is 0 Å². The van der Waals surface area contributed by atoms with E-state index in [4.69, 9.17) is 4.74 Å². The highest BCUT2D eigenvalue weighted by Gasteiger charge is 2.42. The van der Waals surface area contributed by atoms with Gasteiger partial charge in [-0.15, -0.1) is 0 Å². The summed E-state index contributed by atoms with van der Waals surface area (Å²) in [6.07, 6.45) is 2.52. The predicted octanol–water partition coefficient (Wildman–Crippen LogP) is 0.792. The molecule has 1 saturated heterocycles. The first-order valence-electron chi connectivity index (χ1n) is 4.07. The second-order valence-electron chi connectivity index (χ2n) is 3.68. The molecule has 0 unspecified atom stereocenters. The summed E-state index contributed by atoms with van der Waals surface area (Å²) >= 11 is 0. The smallest absolute Gasteiger partial charge is 0.0826 e. The lowest BCUT2D eigenvalue weighted by molar-refractivity contribution is 0.0812. The summed E-state index contributed by atoms with van der Waals surface area (Å²) in [6.45, 7) is 2.80. The Morgan fingerprint density at radius 1 is 1.40 bits per heavy atom. The Labute approximate surface area is 61.2 Å². The van der Waals surface area contributed by atoms with E-state index < -0.39 is 0 Å². The molecule has 0 aromatic heterocycles. The van der Waals surface area contributed by atoms with Gasteiger partial charge in [0.25, 0.3) is 0 Å². The van der Waals surface area contributed by atoms with Crippen molar-refractivity contribution >= 4 is 0 Å². The monoisotopic (exact) mass is 142 g/mol. The summed E-state index contributed by atoms with van der Waals surface area (Å²) in [7, 11) is 0. The highest BCUT2D eigenvalue weighted by molar-refractivity contribution is 4.91. The SMILES string of the molecule is C[C@@H]1C[C@@H]2[C@@H](O)CO[C@@H]2C1. The van der Waals surface area contributed by atoms with Crippen molar-refractivity contribution in [3.63, 3.8) is 0 Å². The average molecular weight is 142 g/mol. The summed E-state index contributed by atoms with van der Waals surface area (Å²) in [6, 6.07) is 0. The molecule has 1 heterocycles. The summed E-state index contributed by atoms with van der Waals surface area (Å²) in [5.41, 5.74) is 0. The van der Waals surface area contributed by atoms with Gasteiger partial charge in [0.2, 0.25) is 0 Å². The number of ether oxygens (including phenoxy) is 1. The molecule has 0 aromatic rings.